The molecule has 6 heteroatoms. The summed E-state index contributed by atoms with van der Waals surface area (Å²) in [5.41, 5.74) is 0.220. The van der Waals surface area contributed by atoms with Gasteiger partial charge in [0, 0.05) is 32.7 Å². The van der Waals surface area contributed by atoms with Crippen LogP contribution in [-0.4, -0.2) is 22.2 Å². The van der Waals surface area contributed by atoms with Crippen LogP contribution in [0.4, 0.5) is 5.82 Å². The van der Waals surface area contributed by atoms with Crippen molar-refractivity contribution in [3.05, 3.63) is 25.0 Å². The first-order valence-electron chi connectivity index (χ1n) is 3.12. The zero-order chi connectivity index (χ0) is 8.97. The molecular formula is C7H6N3O2Y-. The van der Waals surface area contributed by atoms with Gasteiger partial charge in [0.05, 0.1) is 18.3 Å². The van der Waals surface area contributed by atoms with Gasteiger partial charge >= 0.3 is 0 Å². The van der Waals surface area contributed by atoms with Crippen LogP contribution in [-0.2, 0) is 37.5 Å². The Morgan fingerprint density at radius 2 is 2.15 bits per heavy atom. The van der Waals surface area contributed by atoms with Crippen molar-refractivity contribution in [1.29, 1.82) is 0 Å². The smallest absolute Gasteiger partial charge is 0.170 e. The number of hydrogen-bond acceptors (Lipinski definition) is 4. The van der Waals surface area contributed by atoms with Gasteiger partial charge in [-0.3, -0.25) is 4.79 Å². The van der Waals surface area contributed by atoms with Gasteiger partial charge in [0.2, 0.25) is 0 Å². The van der Waals surface area contributed by atoms with Crippen LogP contribution >= 0.6 is 0 Å². The molecule has 0 saturated carbocycles. The predicted molar refractivity (Wildman–Crippen MR) is 41.4 cm³/mol. The molecule has 1 N–H and O–H groups in total. The third kappa shape index (κ3) is 4.10. The number of rotatable bonds is 2. The number of carbonyl (C=O) groups excluding carboxylic acids is 2. The van der Waals surface area contributed by atoms with Gasteiger partial charge in [0.1, 0.15) is 11.5 Å². The van der Waals surface area contributed by atoms with Crippen LogP contribution in [0.2, 0.25) is 0 Å². The number of nitrogens with one attached hydrogen (secondary N) is 1. The molecule has 0 bridgehead atoms. The fraction of sp³-hybridized carbons (Fsp3) is 0. The number of anilines is 1. The second-order valence-corrected chi connectivity index (χ2v) is 1.99. The van der Waals surface area contributed by atoms with E-state index in [1.165, 1.54) is 12.4 Å². The molecule has 13 heavy (non-hydrogen) atoms. The molecule has 0 spiro atoms. The van der Waals surface area contributed by atoms with Gasteiger partial charge in [0.15, 0.2) is 6.29 Å². The summed E-state index contributed by atoms with van der Waals surface area (Å²) in [7, 11) is 0. The van der Waals surface area contributed by atoms with E-state index >= 15 is 0 Å². The summed E-state index contributed by atoms with van der Waals surface area (Å²) < 4.78 is 0. The van der Waals surface area contributed by atoms with Gasteiger partial charge in [-0.2, -0.15) is 0 Å². The molecule has 1 amide bonds. The van der Waals surface area contributed by atoms with Crippen LogP contribution < -0.4 is 5.32 Å². The third-order valence-electron chi connectivity index (χ3n) is 1.06. The van der Waals surface area contributed by atoms with Crippen molar-refractivity contribution >= 4 is 18.0 Å². The first kappa shape index (κ1) is 12.2. The Balaban J connectivity index is 0.00000144. The van der Waals surface area contributed by atoms with Crippen LogP contribution in [0.5, 0.6) is 0 Å². The standard InChI is InChI=1S/C7H6N3O2.Y/c1-5(12)10-7-3-8-6(4-11)2-9-7;/h2-4H,1H2,(H,9,10,12);/q-1;. The topological polar surface area (TPSA) is 72.0 Å². The van der Waals surface area contributed by atoms with Gasteiger partial charge in [0.25, 0.3) is 0 Å². The average molecular weight is 253 g/mol. The van der Waals surface area contributed by atoms with Crippen LogP contribution in [0.1, 0.15) is 10.5 Å². The van der Waals surface area contributed by atoms with Crippen molar-refractivity contribution in [2.45, 2.75) is 0 Å². The Bertz CT molecular complexity index is 299. The normalized spacial score (nSPS) is 8.31. The van der Waals surface area contributed by atoms with Crippen molar-refractivity contribution < 1.29 is 42.3 Å². The molecule has 1 rings (SSSR count). The third-order valence-corrected chi connectivity index (χ3v) is 1.06. The average Bonchev–Trinajstić information content (AvgIpc) is 2.05. The van der Waals surface area contributed by atoms with Crippen LogP contribution in [0.15, 0.2) is 12.4 Å². The number of hydrogen-bond donors (Lipinski definition) is 1. The Kier molecular flexibility index (Phi) is 5.42. The molecule has 1 aromatic rings. The summed E-state index contributed by atoms with van der Waals surface area (Å²) in [5.74, 6) is -0.191. The number of carbonyl (C=O) groups is 2. The van der Waals surface area contributed by atoms with Gasteiger partial charge in [-0.25, -0.2) is 9.97 Å². The van der Waals surface area contributed by atoms with E-state index in [1.807, 2.05) is 0 Å². The largest absolute Gasteiger partial charge is 0.335 e. The summed E-state index contributed by atoms with van der Waals surface area (Å²) in [4.78, 5) is 27.9. The quantitative estimate of drug-likeness (QED) is 0.597. The van der Waals surface area contributed by atoms with Crippen LogP contribution in [0.25, 0.3) is 0 Å². The van der Waals surface area contributed by atoms with Crippen molar-refractivity contribution in [2.24, 2.45) is 0 Å². The Labute approximate surface area is 100 Å². The van der Waals surface area contributed by atoms with Gasteiger partial charge in [-0.15, -0.1) is 0 Å². The molecule has 1 aromatic heterocycles. The van der Waals surface area contributed by atoms with Gasteiger partial charge in [-0.1, -0.05) is 0 Å². The van der Waals surface area contributed by atoms with Crippen LogP contribution in [0, 0.1) is 6.92 Å². The zero-order valence-corrected chi connectivity index (χ0v) is 9.57. The molecule has 1 heterocycles. The molecule has 0 aliphatic carbocycles. The monoisotopic (exact) mass is 253 g/mol. The molecule has 5 nitrogen and oxygen atoms in total. The summed E-state index contributed by atoms with van der Waals surface area (Å²) in [5, 5.41) is 2.32. The molecule has 0 saturated heterocycles. The van der Waals surface area contributed by atoms with Crippen molar-refractivity contribution in [3.63, 3.8) is 0 Å². The number of aromatic nitrogens is 2. The molecule has 0 fully saturated rings. The van der Waals surface area contributed by atoms with Gasteiger partial charge in [-0.05, 0) is 0 Å². The maximum absolute atomic E-state index is 10.4. The van der Waals surface area contributed by atoms with E-state index in [0.717, 1.165) is 0 Å². The van der Waals surface area contributed by atoms with Crippen molar-refractivity contribution in [3.8, 4) is 0 Å². The summed E-state index contributed by atoms with van der Waals surface area (Å²) >= 11 is 0. The minimum absolute atomic E-state index is 0. The predicted octanol–water partition coefficient (Wildman–Crippen LogP) is 0.0592. The summed E-state index contributed by atoms with van der Waals surface area (Å²) in [6, 6.07) is 0. The minimum atomic E-state index is -0.469. The number of nitrogens with zero attached hydrogens (tertiary/aromatic N) is 2. The maximum Gasteiger partial charge on any atom is 0.170 e. The van der Waals surface area contributed by atoms with Crippen LogP contribution in [0.3, 0.4) is 0 Å². The second-order valence-electron chi connectivity index (χ2n) is 1.99. The molecule has 0 aromatic carbocycles. The van der Waals surface area contributed by atoms with E-state index in [0.29, 0.717) is 6.29 Å². The van der Waals surface area contributed by atoms with Crippen molar-refractivity contribution in [1.82, 2.24) is 9.97 Å². The Hall–Kier alpha value is -0.806. The molecule has 0 atom stereocenters. The van der Waals surface area contributed by atoms with E-state index in [1.54, 1.807) is 0 Å². The second kappa shape index (κ2) is 5.77. The molecule has 0 aliphatic rings. The molecule has 65 valence electrons. The van der Waals surface area contributed by atoms with E-state index in [-0.39, 0.29) is 44.2 Å². The molecule has 0 aliphatic heterocycles. The summed E-state index contributed by atoms with van der Waals surface area (Å²) in [6.07, 6.45) is 3.12. The zero-order valence-electron chi connectivity index (χ0n) is 6.73. The first-order chi connectivity index (χ1) is 5.72. The van der Waals surface area contributed by atoms with Crippen molar-refractivity contribution in [2.75, 3.05) is 5.32 Å². The van der Waals surface area contributed by atoms with E-state index in [4.69, 9.17) is 0 Å². The van der Waals surface area contributed by atoms with Gasteiger partial charge < -0.3 is 17.0 Å². The SMILES string of the molecule is [CH2-]C(=O)Nc1cnc(C=O)cn1.[Y]. The Morgan fingerprint density at radius 3 is 2.54 bits per heavy atom. The molecular weight excluding hydrogens is 247 g/mol. The molecule has 1 radical (unpaired) electrons. The van der Waals surface area contributed by atoms with E-state index in [9.17, 15) is 9.59 Å². The van der Waals surface area contributed by atoms with E-state index < -0.39 is 5.91 Å². The van der Waals surface area contributed by atoms with E-state index in [2.05, 4.69) is 22.2 Å². The Morgan fingerprint density at radius 1 is 1.46 bits per heavy atom. The minimum Gasteiger partial charge on any atom is -0.335 e. The summed E-state index contributed by atoms with van der Waals surface area (Å²) in [6.45, 7) is 3.09. The first-order valence-corrected chi connectivity index (χ1v) is 3.12. The number of aldehydes is 1. The number of amides is 1. The fourth-order valence-electron chi connectivity index (χ4n) is 0.606. The maximum atomic E-state index is 10.4. The fourth-order valence-corrected chi connectivity index (χ4v) is 0.606. The molecule has 0 unspecified atom stereocenters.